The number of aryl methyl sites for hydroxylation is 2. The van der Waals surface area contributed by atoms with Crippen LogP contribution in [-0.2, 0) is 17.8 Å². The average Bonchev–Trinajstić information content (AvgIpc) is 3.09. The van der Waals surface area contributed by atoms with Crippen LogP contribution in [0.5, 0.6) is 0 Å². The van der Waals surface area contributed by atoms with Gasteiger partial charge in [-0.05, 0) is 31.0 Å². The number of amides is 1. The summed E-state index contributed by atoms with van der Waals surface area (Å²) >= 11 is 3.43. The molecule has 0 N–H and O–H groups in total. The van der Waals surface area contributed by atoms with Crippen LogP contribution in [0.3, 0.4) is 0 Å². The number of benzene rings is 2. The van der Waals surface area contributed by atoms with Crippen molar-refractivity contribution in [3.8, 4) is 11.4 Å². The largest absolute Gasteiger partial charge is 0.337 e. The lowest BCUT2D eigenvalue weighted by atomic mass is 10.1. The van der Waals surface area contributed by atoms with Crippen molar-refractivity contribution in [2.75, 3.05) is 7.05 Å². The summed E-state index contributed by atoms with van der Waals surface area (Å²) in [5, 5.41) is 4.00. The quantitative estimate of drug-likeness (QED) is 0.600. The second-order valence-electron chi connectivity index (χ2n) is 6.26. The molecule has 2 aromatic carbocycles. The Bertz CT molecular complexity index is 890. The van der Waals surface area contributed by atoms with Gasteiger partial charge in [0.2, 0.25) is 17.6 Å². The lowest BCUT2D eigenvalue weighted by Gasteiger charge is -2.14. The van der Waals surface area contributed by atoms with Gasteiger partial charge in [-0.25, -0.2) is 0 Å². The van der Waals surface area contributed by atoms with Gasteiger partial charge in [-0.1, -0.05) is 63.0 Å². The van der Waals surface area contributed by atoms with E-state index in [1.54, 1.807) is 11.9 Å². The summed E-state index contributed by atoms with van der Waals surface area (Å²) in [6.45, 7) is 2.35. The number of aromatic nitrogens is 2. The number of nitrogens with zero attached hydrogens (tertiary/aromatic N) is 3. The van der Waals surface area contributed by atoms with E-state index in [1.165, 1.54) is 5.56 Å². The monoisotopic (exact) mass is 413 g/mol. The lowest BCUT2D eigenvalue weighted by Crippen LogP contribution is -2.26. The molecule has 1 amide bonds. The highest BCUT2D eigenvalue weighted by atomic mass is 79.9. The first-order valence-electron chi connectivity index (χ1n) is 8.39. The van der Waals surface area contributed by atoms with E-state index in [9.17, 15) is 4.79 Å². The minimum Gasteiger partial charge on any atom is -0.337 e. The third-order valence-electron chi connectivity index (χ3n) is 4.10. The summed E-state index contributed by atoms with van der Waals surface area (Å²) in [6, 6.07) is 15.9. The summed E-state index contributed by atoms with van der Waals surface area (Å²) in [6.07, 6.45) is 1.17. The molecule has 0 radical (unpaired) electrons. The molecular formula is C20H20BrN3O2. The van der Waals surface area contributed by atoms with Crippen LogP contribution in [0.25, 0.3) is 11.4 Å². The van der Waals surface area contributed by atoms with Crippen LogP contribution in [0.4, 0.5) is 0 Å². The van der Waals surface area contributed by atoms with Crippen molar-refractivity contribution < 1.29 is 9.32 Å². The van der Waals surface area contributed by atoms with Crippen molar-refractivity contribution >= 4 is 21.8 Å². The molecule has 0 saturated heterocycles. The molecule has 26 heavy (non-hydrogen) atoms. The maximum atomic E-state index is 12.3. The van der Waals surface area contributed by atoms with E-state index in [4.69, 9.17) is 4.52 Å². The highest BCUT2D eigenvalue weighted by Crippen LogP contribution is 2.20. The van der Waals surface area contributed by atoms with Gasteiger partial charge in [0.1, 0.15) is 0 Å². The van der Waals surface area contributed by atoms with Crippen molar-refractivity contribution in [1.82, 2.24) is 15.0 Å². The topological polar surface area (TPSA) is 59.2 Å². The zero-order chi connectivity index (χ0) is 18.5. The Labute approximate surface area is 161 Å². The highest BCUT2D eigenvalue weighted by Gasteiger charge is 2.15. The fraction of sp³-hybridized carbons (Fsp3) is 0.250. The van der Waals surface area contributed by atoms with E-state index in [-0.39, 0.29) is 5.91 Å². The molecule has 0 aliphatic carbocycles. The highest BCUT2D eigenvalue weighted by molar-refractivity contribution is 9.10. The van der Waals surface area contributed by atoms with Crippen LogP contribution in [0.2, 0.25) is 0 Å². The van der Waals surface area contributed by atoms with Crippen LogP contribution in [0, 0.1) is 6.92 Å². The smallest absolute Gasteiger partial charge is 0.246 e. The van der Waals surface area contributed by atoms with E-state index in [0.29, 0.717) is 24.7 Å². The predicted octanol–water partition coefficient (Wildman–Crippen LogP) is 4.40. The minimum atomic E-state index is 0.0489. The first-order chi connectivity index (χ1) is 12.5. The average molecular weight is 414 g/mol. The normalized spacial score (nSPS) is 10.7. The van der Waals surface area contributed by atoms with Gasteiger partial charge in [-0.3, -0.25) is 4.79 Å². The van der Waals surface area contributed by atoms with Crippen molar-refractivity contribution in [1.29, 1.82) is 0 Å². The van der Waals surface area contributed by atoms with E-state index < -0.39 is 0 Å². The van der Waals surface area contributed by atoms with E-state index in [1.807, 2.05) is 24.3 Å². The Hall–Kier alpha value is -2.47. The van der Waals surface area contributed by atoms with E-state index in [2.05, 4.69) is 57.3 Å². The first kappa shape index (κ1) is 18.3. The Balaban J connectivity index is 1.56. The number of hydrogen-bond donors (Lipinski definition) is 0. The van der Waals surface area contributed by atoms with E-state index in [0.717, 1.165) is 22.0 Å². The first-order valence-corrected chi connectivity index (χ1v) is 9.18. The molecule has 0 aliphatic heterocycles. The Morgan fingerprint density at radius 1 is 1.19 bits per heavy atom. The van der Waals surface area contributed by atoms with Gasteiger partial charge in [0.15, 0.2) is 0 Å². The number of halogens is 1. The molecule has 1 heterocycles. The zero-order valence-electron chi connectivity index (χ0n) is 14.8. The van der Waals surface area contributed by atoms with Crippen molar-refractivity contribution in [3.63, 3.8) is 0 Å². The van der Waals surface area contributed by atoms with Crippen LogP contribution in [0.15, 0.2) is 57.5 Å². The summed E-state index contributed by atoms with van der Waals surface area (Å²) in [4.78, 5) is 18.3. The molecule has 3 aromatic rings. The van der Waals surface area contributed by atoms with Gasteiger partial charge in [0.05, 0.1) is 6.54 Å². The number of rotatable bonds is 6. The fourth-order valence-corrected chi connectivity index (χ4v) is 2.95. The molecule has 0 atom stereocenters. The van der Waals surface area contributed by atoms with Gasteiger partial charge < -0.3 is 9.42 Å². The molecule has 3 rings (SSSR count). The number of carbonyl (C=O) groups is 1. The summed E-state index contributed by atoms with van der Waals surface area (Å²) < 4.78 is 6.23. The molecule has 0 fully saturated rings. The standard InChI is InChI=1S/C20H20BrN3O2/c1-14-6-8-15(9-7-14)10-11-19(25)24(2)13-18-22-20(23-26-18)16-4-3-5-17(21)12-16/h3-9,12H,10-11,13H2,1-2H3. The molecule has 0 aliphatic rings. The molecule has 5 nitrogen and oxygen atoms in total. The molecule has 0 bridgehead atoms. The van der Waals surface area contributed by atoms with Crippen molar-refractivity contribution in [2.45, 2.75) is 26.3 Å². The van der Waals surface area contributed by atoms with E-state index >= 15 is 0 Å². The maximum absolute atomic E-state index is 12.3. The number of carbonyl (C=O) groups excluding carboxylic acids is 1. The summed E-state index contributed by atoms with van der Waals surface area (Å²) in [5.41, 5.74) is 3.24. The second kappa shape index (κ2) is 8.27. The predicted molar refractivity (Wildman–Crippen MR) is 103 cm³/mol. The lowest BCUT2D eigenvalue weighted by molar-refractivity contribution is -0.130. The summed E-state index contributed by atoms with van der Waals surface area (Å²) in [7, 11) is 1.75. The van der Waals surface area contributed by atoms with Crippen molar-refractivity contribution in [2.24, 2.45) is 0 Å². The zero-order valence-corrected chi connectivity index (χ0v) is 16.4. The Kier molecular flexibility index (Phi) is 5.83. The molecule has 0 saturated carbocycles. The summed E-state index contributed by atoms with van der Waals surface area (Å²) in [5.74, 6) is 0.987. The maximum Gasteiger partial charge on any atom is 0.246 e. The van der Waals surface area contributed by atoms with Crippen LogP contribution >= 0.6 is 15.9 Å². The third-order valence-corrected chi connectivity index (χ3v) is 4.59. The van der Waals surface area contributed by atoms with Crippen LogP contribution < -0.4 is 0 Å². The molecular weight excluding hydrogens is 394 g/mol. The SMILES string of the molecule is Cc1ccc(CCC(=O)N(C)Cc2nc(-c3cccc(Br)c3)no2)cc1. The fourth-order valence-electron chi connectivity index (χ4n) is 2.55. The number of hydrogen-bond acceptors (Lipinski definition) is 4. The third kappa shape index (κ3) is 4.79. The van der Waals surface area contributed by atoms with Gasteiger partial charge in [-0.2, -0.15) is 4.98 Å². The Morgan fingerprint density at radius 3 is 2.69 bits per heavy atom. The Morgan fingerprint density at radius 2 is 1.96 bits per heavy atom. The second-order valence-corrected chi connectivity index (χ2v) is 7.17. The van der Waals surface area contributed by atoms with Crippen LogP contribution in [-0.4, -0.2) is 28.0 Å². The van der Waals surface area contributed by atoms with Gasteiger partial charge in [0.25, 0.3) is 0 Å². The molecule has 0 unspecified atom stereocenters. The molecule has 0 spiro atoms. The minimum absolute atomic E-state index is 0.0489. The van der Waals surface area contributed by atoms with Gasteiger partial charge >= 0.3 is 0 Å². The van der Waals surface area contributed by atoms with Crippen LogP contribution in [0.1, 0.15) is 23.4 Å². The van der Waals surface area contributed by atoms with Gasteiger partial charge in [0, 0.05) is 23.5 Å². The molecule has 1 aromatic heterocycles. The van der Waals surface area contributed by atoms with Gasteiger partial charge in [-0.15, -0.1) is 0 Å². The molecule has 134 valence electrons. The molecule has 6 heteroatoms. The van der Waals surface area contributed by atoms with Crippen molar-refractivity contribution in [3.05, 3.63) is 70.0 Å².